The summed E-state index contributed by atoms with van der Waals surface area (Å²) < 4.78 is 5.17. The number of benzene rings is 1. The molecule has 0 spiro atoms. The number of hydrogen-bond donors (Lipinski definition) is 3. The summed E-state index contributed by atoms with van der Waals surface area (Å²) >= 11 is 0. The van der Waals surface area contributed by atoms with Crippen molar-refractivity contribution < 1.29 is 14.9 Å². The van der Waals surface area contributed by atoms with Crippen LogP contribution in [0.4, 0.5) is 0 Å². The molecule has 1 atom stereocenters. The van der Waals surface area contributed by atoms with Crippen LogP contribution in [0, 0.1) is 0 Å². The minimum atomic E-state index is -0.345. The molecule has 0 heterocycles. The minimum absolute atomic E-state index is 0.00208. The van der Waals surface area contributed by atoms with Gasteiger partial charge in [0.15, 0.2) is 0 Å². The smallest absolute Gasteiger partial charge is 0.119 e. The van der Waals surface area contributed by atoms with Crippen molar-refractivity contribution in [2.75, 3.05) is 19.8 Å². The Morgan fingerprint density at radius 2 is 1.86 bits per heavy atom. The number of nitrogens with two attached hydrogens (primary N) is 1. The third kappa shape index (κ3) is 2.99. The van der Waals surface area contributed by atoms with Crippen LogP contribution in [0.25, 0.3) is 0 Å². The van der Waals surface area contributed by atoms with Crippen molar-refractivity contribution in [2.24, 2.45) is 5.73 Å². The molecule has 1 aromatic carbocycles. The molecule has 14 heavy (non-hydrogen) atoms. The van der Waals surface area contributed by atoms with Gasteiger partial charge in [-0.15, -0.1) is 0 Å². The zero-order valence-corrected chi connectivity index (χ0v) is 7.89. The van der Waals surface area contributed by atoms with Crippen molar-refractivity contribution >= 4 is 0 Å². The molecule has 0 bridgehead atoms. The molecule has 0 aliphatic heterocycles. The Balaban J connectivity index is 2.59. The number of rotatable bonds is 5. The number of hydrogen-bond acceptors (Lipinski definition) is 4. The predicted molar refractivity (Wildman–Crippen MR) is 53.0 cm³/mol. The molecule has 0 saturated carbocycles. The first-order chi connectivity index (χ1) is 6.77. The molecule has 0 saturated heterocycles. The largest absolute Gasteiger partial charge is 0.491 e. The molecule has 0 fully saturated rings. The van der Waals surface area contributed by atoms with Crippen molar-refractivity contribution in [3.8, 4) is 5.75 Å². The summed E-state index contributed by atoms with van der Waals surface area (Å²) in [6.07, 6.45) is 0. The molecule has 1 aromatic rings. The van der Waals surface area contributed by atoms with E-state index in [0.29, 0.717) is 5.75 Å². The minimum Gasteiger partial charge on any atom is -0.491 e. The first kappa shape index (κ1) is 11.0. The van der Waals surface area contributed by atoms with E-state index in [0.717, 1.165) is 5.56 Å². The van der Waals surface area contributed by atoms with Gasteiger partial charge >= 0.3 is 0 Å². The van der Waals surface area contributed by atoms with E-state index in [1.165, 1.54) is 0 Å². The summed E-state index contributed by atoms with van der Waals surface area (Å²) in [5, 5.41) is 17.3. The zero-order chi connectivity index (χ0) is 10.4. The lowest BCUT2D eigenvalue weighted by molar-refractivity contribution is 0.201. The molecule has 1 unspecified atom stereocenters. The quantitative estimate of drug-likeness (QED) is 0.623. The van der Waals surface area contributed by atoms with Gasteiger partial charge in [-0.05, 0) is 17.7 Å². The first-order valence-electron chi connectivity index (χ1n) is 4.48. The van der Waals surface area contributed by atoms with Crippen LogP contribution < -0.4 is 10.5 Å². The van der Waals surface area contributed by atoms with Crippen molar-refractivity contribution in [1.82, 2.24) is 0 Å². The highest BCUT2D eigenvalue weighted by Crippen LogP contribution is 2.15. The normalized spacial score (nSPS) is 12.5. The summed E-state index contributed by atoms with van der Waals surface area (Å²) in [4.78, 5) is 0. The van der Waals surface area contributed by atoms with Gasteiger partial charge in [-0.25, -0.2) is 0 Å². The van der Waals surface area contributed by atoms with E-state index in [4.69, 9.17) is 20.7 Å². The lowest BCUT2D eigenvalue weighted by Gasteiger charge is -2.09. The van der Waals surface area contributed by atoms with Gasteiger partial charge in [-0.2, -0.15) is 0 Å². The van der Waals surface area contributed by atoms with E-state index in [2.05, 4.69) is 0 Å². The number of ether oxygens (including phenoxy) is 1. The molecular formula is C10H15NO3. The fourth-order valence-electron chi connectivity index (χ4n) is 1.08. The molecule has 4 nitrogen and oxygen atoms in total. The van der Waals surface area contributed by atoms with Gasteiger partial charge < -0.3 is 20.7 Å². The predicted octanol–water partition coefficient (Wildman–Crippen LogP) is 0.0498. The summed E-state index contributed by atoms with van der Waals surface area (Å²) in [6, 6.07) is 6.78. The van der Waals surface area contributed by atoms with Crippen molar-refractivity contribution in [3.63, 3.8) is 0 Å². The van der Waals surface area contributed by atoms with E-state index in [1.54, 1.807) is 24.3 Å². The number of aliphatic hydroxyl groups excluding tert-OH is 2. The Morgan fingerprint density at radius 1 is 1.21 bits per heavy atom. The summed E-state index contributed by atoms with van der Waals surface area (Å²) in [5.41, 5.74) is 6.48. The van der Waals surface area contributed by atoms with Gasteiger partial charge in [-0.1, -0.05) is 12.1 Å². The van der Waals surface area contributed by atoms with Gasteiger partial charge in [0, 0.05) is 0 Å². The lowest BCUT2D eigenvalue weighted by atomic mass is 10.1. The van der Waals surface area contributed by atoms with Crippen LogP contribution in [0.1, 0.15) is 11.6 Å². The Bertz CT molecular complexity index is 261. The maximum Gasteiger partial charge on any atom is 0.119 e. The number of aliphatic hydroxyl groups is 2. The van der Waals surface area contributed by atoms with E-state index < -0.39 is 0 Å². The molecule has 0 aliphatic carbocycles. The highest BCUT2D eigenvalue weighted by atomic mass is 16.5. The molecule has 0 radical (unpaired) electrons. The second-order valence-corrected chi connectivity index (χ2v) is 2.93. The zero-order valence-electron chi connectivity index (χ0n) is 7.89. The molecule has 0 aromatic heterocycles. The van der Waals surface area contributed by atoms with Crippen LogP contribution in [-0.4, -0.2) is 30.0 Å². The highest BCUT2D eigenvalue weighted by Gasteiger charge is 2.03. The summed E-state index contributed by atoms with van der Waals surface area (Å²) in [6.45, 7) is 0.208. The molecule has 4 N–H and O–H groups in total. The third-order valence-electron chi connectivity index (χ3n) is 1.86. The Labute approximate surface area is 82.9 Å². The van der Waals surface area contributed by atoms with E-state index in [9.17, 15) is 0 Å². The second-order valence-electron chi connectivity index (χ2n) is 2.93. The van der Waals surface area contributed by atoms with Crippen LogP contribution in [0.5, 0.6) is 5.75 Å². The van der Waals surface area contributed by atoms with Gasteiger partial charge in [0.2, 0.25) is 0 Å². The maximum absolute atomic E-state index is 8.81. The molecule has 0 aliphatic rings. The van der Waals surface area contributed by atoms with Gasteiger partial charge in [0.05, 0.1) is 19.3 Å². The van der Waals surface area contributed by atoms with E-state index >= 15 is 0 Å². The molecule has 0 amide bonds. The molecular weight excluding hydrogens is 182 g/mol. The highest BCUT2D eigenvalue weighted by molar-refractivity contribution is 5.29. The second kappa shape index (κ2) is 5.59. The Hall–Kier alpha value is -1.10. The summed E-state index contributed by atoms with van der Waals surface area (Å²) in [5.74, 6) is 0.688. The SMILES string of the molecule is NC(CO)c1ccc(OCCO)cc1. The standard InChI is InChI=1S/C10H15NO3/c11-10(7-13)8-1-3-9(4-2-8)14-6-5-12/h1-4,10,12-13H,5-7,11H2. The van der Waals surface area contributed by atoms with Crippen molar-refractivity contribution in [2.45, 2.75) is 6.04 Å². The van der Waals surface area contributed by atoms with Gasteiger partial charge in [0.1, 0.15) is 12.4 Å². The molecule has 1 rings (SSSR count). The van der Waals surface area contributed by atoms with Crippen molar-refractivity contribution in [1.29, 1.82) is 0 Å². The molecule has 4 heteroatoms. The van der Waals surface area contributed by atoms with Crippen LogP contribution >= 0.6 is 0 Å². The van der Waals surface area contributed by atoms with Gasteiger partial charge in [-0.3, -0.25) is 0 Å². The topological polar surface area (TPSA) is 75.7 Å². The first-order valence-corrected chi connectivity index (χ1v) is 4.48. The average molecular weight is 197 g/mol. The molecule has 78 valence electrons. The summed E-state index contributed by atoms with van der Waals surface area (Å²) in [7, 11) is 0. The van der Waals surface area contributed by atoms with Crippen LogP contribution in [0.3, 0.4) is 0 Å². The van der Waals surface area contributed by atoms with E-state index in [-0.39, 0.29) is 25.9 Å². The van der Waals surface area contributed by atoms with Crippen LogP contribution in [-0.2, 0) is 0 Å². The fourth-order valence-corrected chi connectivity index (χ4v) is 1.08. The Kier molecular flexibility index (Phi) is 4.39. The average Bonchev–Trinajstić information content (AvgIpc) is 2.26. The maximum atomic E-state index is 8.81. The Morgan fingerprint density at radius 3 is 2.36 bits per heavy atom. The van der Waals surface area contributed by atoms with Crippen LogP contribution in [0.15, 0.2) is 24.3 Å². The van der Waals surface area contributed by atoms with Crippen LogP contribution in [0.2, 0.25) is 0 Å². The van der Waals surface area contributed by atoms with E-state index in [1.807, 2.05) is 0 Å². The van der Waals surface area contributed by atoms with Crippen molar-refractivity contribution in [3.05, 3.63) is 29.8 Å². The fraction of sp³-hybridized carbons (Fsp3) is 0.400. The lowest BCUT2D eigenvalue weighted by Crippen LogP contribution is -2.14. The van der Waals surface area contributed by atoms with Gasteiger partial charge in [0.25, 0.3) is 0 Å². The third-order valence-corrected chi connectivity index (χ3v) is 1.86. The monoisotopic (exact) mass is 197 g/mol.